The Morgan fingerprint density at radius 2 is 1.55 bits per heavy atom. The number of rotatable bonds is 6. The quantitative estimate of drug-likeness (QED) is 0.153. The normalized spacial score (nSPS) is 11.1. The van der Waals surface area contributed by atoms with Crippen LogP contribution in [-0.2, 0) is 6.42 Å². The van der Waals surface area contributed by atoms with Crippen molar-refractivity contribution in [3.8, 4) is 5.75 Å². The van der Waals surface area contributed by atoms with Crippen LogP contribution in [0, 0.1) is 29.1 Å². The summed E-state index contributed by atoms with van der Waals surface area (Å²) in [5, 5.41) is -0.295. The largest absolute Gasteiger partial charge is 0.423 e. The van der Waals surface area contributed by atoms with E-state index in [4.69, 9.17) is 4.74 Å². The van der Waals surface area contributed by atoms with Crippen molar-refractivity contribution in [2.45, 2.75) is 32.6 Å². The third-order valence-corrected chi connectivity index (χ3v) is 4.53. The third kappa shape index (κ3) is 4.39. The van der Waals surface area contributed by atoms with Crippen LogP contribution in [0.15, 0.2) is 36.4 Å². The zero-order chi connectivity index (χ0) is 21.1. The Labute approximate surface area is 163 Å². The zero-order valence-electron chi connectivity index (χ0n) is 15.5. The molecule has 0 radical (unpaired) electrons. The minimum Gasteiger partial charge on any atom is -0.423 e. The Morgan fingerprint density at radius 1 is 0.862 bits per heavy atom. The van der Waals surface area contributed by atoms with Crippen molar-refractivity contribution >= 4 is 16.7 Å². The lowest BCUT2D eigenvalue weighted by atomic mass is 10.0. The Hall–Kier alpha value is -2.96. The van der Waals surface area contributed by atoms with Gasteiger partial charge in [0.1, 0.15) is 22.9 Å². The fraction of sp³-hybridized carbons (Fsp3) is 0.227. The van der Waals surface area contributed by atoms with Gasteiger partial charge in [-0.05, 0) is 60.2 Å². The third-order valence-electron chi connectivity index (χ3n) is 4.53. The van der Waals surface area contributed by atoms with Crippen LogP contribution in [0.4, 0.5) is 22.0 Å². The first-order valence-electron chi connectivity index (χ1n) is 9.09. The summed E-state index contributed by atoms with van der Waals surface area (Å²) in [6.45, 7) is 2.01. The molecule has 0 spiro atoms. The molecule has 0 amide bonds. The van der Waals surface area contributed by atoms with Crippen LogP contribution in [0.25, 0.3) is 10.8 Å². The van der Waals surface area contributed by atoms with Gasteiger partial charge in [-0.3, -0.25) is 0 Å². The second-order valence-electron chi connectivity index (χ2n) is 6.65. The average molecular weight is 408 g/mol. The fourth-order valence-corrected chi connectivity index (χ4v) is 3.05. The molecule has 0 heterocycles. The highest BCUT2D eigenvalue weighted by Gasteiger charge is 2.21. The Balaban J connectivity index is 1.85. The summed E-state index contributed by atoms with van der Waals surface area (Å²) in [7, 11) is 0. The molecule has 0 fully saturated rings. The Bertz CT molecular complexity index is 1060. The molecule has 7 heteroatoms. The number of carbonyl (C=O) groups excluding carboxylic acids is 1. The van der Waals surface area contributed by atoms with Crippen molar-refractivity contribution < 1.29 is 31.5 Å². The van der Waals surface area contributed by atoms with Gasteiger partial charge in [0.05, 0.1) is 0 Å². The van der Waals surface area contributed by atoms with Gasteiger partial charge in [0.2, 0.25) is 0 Å². The van der Waals surface area contributed by atoms with Crippen molar-refractivity contribution in [1.29, 1.82) is 0 Å². The predicted molar refractivity (Wildman–Crippen MR) is 98.4 cm³/mol. The van der Waals surface area contributed by atoms with Gasteiger partial charge in [-0.1, -0.05) is 19.8 Å². The number of ether oxygens (including phenoxy) is 1. The Morgan fingerprint density at radius 3 is 2.21 bits per heavy atom. The van der Waals surface area contributed by atoms with Crippen LogP contribution in [0.5, 0.6) is 5.75 Å². The first-order valence-corrected chi connectivity index (χ1v) is 9.09. The van der Waals surface area contributed by atoms with E-state index in [9.17, 15) is 26.7 Å². The van der Waals surface area contributed by atoms with Gasteiger partial charge in [-0.2, -0.15) is 0 Å². The van der Waals surface area contributed by atoms with Crippen molar-refractivity contribution in [1.82, 2.24) is 0 Å². The molecule has 3 aromatic rings. The maximum atomic E-state index is 14.3. The van der Waals surface area contributed by atoms with Crippen LogP contribution < -0.4 is 4.74 Å². The van der Waals surface area contributed by atoms with E-state index in [1.165, 1.54) is 0 Å². The minimum absolute atomic E-state index is 0.0704. The summed E-state index contributed by atoms with van der Waals surface area (Å²) < 4.78 is 74.0. The monoisotopic (exact) mass is 408 g/mol. The van der Waals surface area contributed by atoms with Crippen LogP contribution in [0.1, 0.15) is 42.1 Å². The molecular weight excluding hydrogens is 391 g/mol. The van der Waals surface area contributed by atoms with Crippen molar-refractivity contribution in [3.05, 3.63) is 76.6 Å². The van der Waals surface area contributed by atoms with E-state index >= 15 is 0 Å². The highest BCUT2D eigenvalue weighted by atomic mass is 19.2. The molecule has 0 N–H and O–H groups in total. The van der Waals surface area contributed by atoms with Gasteiger partial charge >= 0.3 is 5.97 Å². The summed E-state index contributed by atoms with van der Waals surface area (Å²) in [6, 6.07) is 6.19. The van der Waals surface area contributed by atoms with Gasteiger partial charge in [-0.15, -0.1) is 0 Å². The lowest BCUT2D eigenvalue weighted by Crippen LogP contribution is -2.14. The summed E-state index contributed by atoms with van der Waals surface area (Å²) in [5.74, 6) is -8.00. The lowest BCUT2D eigenvalue weighted by Gasteiger charge is -2.10. The van der Waals surface area contributed by atoms with E-state index < -0.39 is 40.6 Å². The summed E-state index contributed by atoms with van der Waals surface area (Å²) in [4.78, 5) is 12.2. The predicted octanol–water partition coefficient (Wildman–Crippen LogP) is 6.49. The van der Waals surface area contributed by atoms with Crippen LogP contribution in [0.3, 0.4) is 0 Å². The van der Waals surface area contributed by atoms with E-state index in [1.54, 1.807) is 0 Å². The molecule has 0 aliphatic heterocycles. The molecule has 0 saturated heterocycles. The van der Waals surface area contributed by atoms with Gasteiger partial charge < -0.3 is 4.74 Å². The molecule has 0 aromatic heterocycles. The highest BCUT2D eigenvalue weighted by molar-refractivity contribution is 5.92. The first-order chi connectivity index (χ1) is 13.8. The zero-order valence-corrected chi connectivity index (χ0v) is 15.5. The molecule has 152 valence electrons. The molecule has 0 aliphatic carbocycles. The Kier molecular flexibility index (Phi) is 6.15. The fourth-order valence-electron chi connectivity index (χ4n) is 3.05. The van der Waals surface area contributed by atoms with Gasteiger partial charge in [0.25, 0.3) is 0 Å². The molecule has 0 aliphatic rings. The number of hydrogen-bond acceptors (Lipinski definition) is 2. The SMILES string of the molecule is CCCCCc1cc(F)c(C(=O)Oc2ccc3c(F)c(F)c(F)cc3c2)c(F)c1. The molecule has 0 atom stereocenters. The van der Waals surface area contributed by atoms with Crippen molar-refractivity contribution in [2.75, 3.05) is 0 Å². The maximum absolute atomic E-state index is 14.3. The number of carbonyl (C=O) groups is 1. The van der Waals surface area contributed by atoms with Gasteiger partial charge in [-0.25, -0.2) is 26.7 Å². The molecule has 3 aromatic carbocycles. The second kappa shape index (κ2) is 8.59. The number of aryl methyl sites for hydroxylation is 1. The van der Waals surface area contributed by atoms with Gasteiger partial charge in [0, 0.05) is 5.39 Å². The molecule has 2 nitrogen and oxygen atoms in total. The number of fused-ring (bicyclic) bond motifs is 1. The smallest absolute Gasteiger partial charge is 0.349 e. The summed E-state index contributed by atoms with van der Waals surface area (Å²) in [6.07, 6.45) is 3.13. The topological polar surface area (TPSA) is 26.3 Å². The van der Waals surface area contributed by atoms with Crippen LogP contribution >= 0.6 is 0 Å². The molecule has 0 bridgehead atoms. The van der Waals surface area contributed by atoms with E-state index in [-0.39, 0.29) is 16.5 Å². The first kappa shape index (κ1) is 20.8. The highest BCUT2D eigenvalue weighted by Crippen LogP contribution is 2.27. The number of unbranched alkanes of at least 4 members (excludes halogenated alkanes) is 2. The molecular formula is C22H17F5O2. The standard InChI is InChI=1S/C22H17F5O2/c1-2-3-4-5-12-8-16(23)19(17(24)9-12)22(28)29-14-6-7-15-13(10-14)11-18(25)21(27)20(15)26/h6-11H,2-5H2,1H3. The number of hydrogen-bond donors (Lipinski definition) is 0. The lowest BCUT2D eigenvalue weighted by molar-refractivity contribution is 0.0725. The number of benzene rings is 3. The molecule has 0 unspecified atom stereocenters. The van der Waals surface area contributed by atoms with E-state index in [0.29, 0.717) is 12.0 Å². The average Bonchev–Trinajstić information content (AvgIpc) is 2.66. The van der Waals surface area contributed by atoms with E-state index in [1.807, 2.05) is 6.92 Å². The molecule has 0 saturated carbocycles. The van der Waals surface area contributed by atoms with E-state index in [2.05, 4.69) is 0 Å². The second-order valence-corrected chi connectivity index (χ2v) is 6.65. The van der Waals surface area contributed by atoms with Crippen LogP contribution in [0.2, 0.25) is 0 Å². The number of halogens is 5. The van der Waals surface area contributed by atoms with Gasteiger partial charge in [0.15, 0.2) is 17.5 Å². The number of esters is 1. The summed E-state index contributed by atoms with van der Waals surface area (Å²) >= 11 is 0. The van der Waals surface area contributed by atoms with E-state index in [0.717, 1.165) is 55.7 Å². The van der Waals surface area contributed by atoms with Crippen LogP contribution in [-0.4, -0.2) is 5.97 Å². The van der Waals surface area contributed by atoms with Crippen molar-refractivity contribution in [2.24, 2.45) is 0 Å². The minimum atomic E-state index is -1.62. The summed E-state index contributed by atoms with van der Waals surface area (Å²) in [5.41, 5.74) is -0.426. The molecule has 3 rings (SSSR count). The molecule has 29 heavy (non-hydrogen) atoms. The van der Waals surface area contributed by atoms with Crippen molar-refractivity contribution in [3.63, 3.8) is 0 Å². The maximum Gasteiger partial charge on any atom is 0.349 e.